The molecule has 3 atom stereocenters. The monoisotopic (exact) mass is 528 g/mol. The van der Waals surface area contributed by atoms with Crippen LogP contribution in [-0.4, -0.2) is 26.5 Å². The SMILES string of the molecule is CC(=O)NS(=O)(=O)c1ccc(Oc2cc(F)cc(C#N)c2)c2c1[C@H](OC(C)=O)[C@H](F)[C@H]2Br. The van der Waals surface area contributed by atoms with E-state index in [0.717, 1.165) is 32.0 Å². The number of alkyl halides is 2. The lowest BCUT2D eigenvalue weighted by molar-refractivity contribution is -0.149. The van der Waals surface area contributed by atoms with Crippen LogP contribution in [0.3, 0.4) is 0 Å². The molecule has 1 aliphatic carbocycles. The van der Waals surface area contributed by atoms with Crippen LogP contribution in [0.2, 0.25) is 0 Å². The largest absolute Gasteiger partial charge is 0.457 e. The van der Waals surface area contributed by atoms with Gasteiger partial charge in [-0.05, 0) is 24.3 Å². The second-order valence-electron chi connectivity index (χ2n) is 6.82. The molecular formula is C20H15BrF2N2O6S. The maximum atomic E-state index is 15.1. The first kappa shape index (κ1) is 23.6. The summed E-state index contributed by atoms with van der Waals surface area (Å²) in [7, 11) is -4.44. The van der Waals surface area contributed by atoms with Crippen LogP contribution in [0.25, 0.3) is 0 Å². The second-order valence-corrected chi connectivity index (χ2v) is 9.45. The van der Waals surface area contributed by atoms with Gasteiger partial charge in [0.05, 0.1) is 21.4 Å². The summed E-state index contributed by atoms with van der Waals surface area (Å²) in [6.07, 6.45) is -3.51. The third kappa shape index (κ3) is 4.58. The summed E-state index contributed by atoms with van der Waals surface area (Å²) < 4.78 is 66.8. The molecule has 0 spiro atoms. The number of halogens is 3. The molecule has 0 fully saturated rings. The summed E-state index contributed by atoms with van der Waals surface area (Å²) >= 11 is 3.14. The molecule has 0 saturated carbocycles. The number of fused-ring (bicyclic) bond motifs is 1. The van der Waals surface area contributed by atoms with Gasteiger partial charge in [0.15, 0.2) is 12.3 Å². The number of benzene rings is 2. The Hall–Kier alpha value is -3.04. The van der Waals surface area contributed by atoms with Crippen LogP contribution in [0.1, 0.15) is 41.5 Å². The molecule has 0 unspecified atom stereocenters. The summed E-state index contributed by atoms with van der Waals surface area (Å²) in [5.74, 6) is -2.64. The summed E-state index contributed by atoms with van der Waals surface area (Å²) in [5, 5.41) is 9.02. The number of nitriles is 1. The highest BCUT2D eigenvalue weighted by Gasteiger charge is 2.47. The number of nitrogens with one attached hydrogen (secondary N) is 1. The van der Waals surface area contributed by atoms with E-state index in [1.165, 1.54) is 12.1 Å². The number of nitrogens with zero attached hydrogens (tertiary/aromatic N) is 1. The zero-order valence-corrected chi connectivity index (χ0v) is 19.0. The minimum absolute atomic E-state index is 0.00190. The highest BCUT2D eigenvalue weighted by Crippen LogP contribution is 2.54. The molecule has 3 rings (SSSR count). The molecule has 0 aromatic heterocycles. The highest BCUT2D eigenvalue weighted by atomic mass is 79.9. The number of carbonyl (C=O) groups excluding carboxylic acids is 2. The van der Waals surface area contributed by atoms with E-state index in [0.29, 0.717) is 0 Å². The van der Waals surface area contributed by atoms with Gasteiger partial charge >= 0.3 is 5.97 Å². The van der Waals surface area contributed by atoms with Crippen LogP contribution < -0.4 is 9.46 Å². The topological polar surface area (TPSA) is 123 Å². The lowest BCUT2D eigenvalue weighted by Crippen LogP contribution is -2.29. The third-order valence-electron chi connectivity index (χ3n) is 4.43. The average molecular weight is 529 g/mol. The summed E-state index contributed by atoms with van der Waals surface area (Å²) in [5.41, 5.74) is -0.256. The zero-order valence-electron chi connectivity index (χ0n) is 16.6. The molecule has 168 valence electrons. The molecule has 8 nitrogen and oxygen atoms in total. The van der Waals surface area contributed by atoms with Crippen molar-refractivity contribution in [3.05, 3.63) is 52.8 Å². The van der Waals surface area contributed by atoms with Gasteiger partial charge in [-0.25, -0.2) is 21.9 Å². The molecule has 2 aromatic rings. The molecule has 2 aromatic carbocycles. The number of amides is 1. The van der Waals surface area contributed by atoms with Gasteiger partial charge in [0, 0.05) is 31.0 Å². The van der Waals surface area contributed by atoms with E-state index in [1.54, 1.807) is 10.8 Å². The van der Waals surface area contributed by atoms with Crippen molar-refractivity contribution >= 4 is 37.8 Å². The fraction of sp³-hybridized carbons (Fsp3) is 0.250. The van der Waals surface area contributed by atoms with Crippen molar-refractivity contribution in [2.24, 2.45) is 0 Å². The molecule has 0 bridgehead atoms. The van der Waals surface area contributed by atoms with Crippen molar-refractivity contribution in [2.45, 2.75) is 35.8 Å². The van der Waals surface area contributed by atoms with Crippen molar-refractivity contribution in [3.63, 3.8) is 0 Å². The van der Waals surface area contributed by atoms with Gasteiger partial charge in [-0.1, -0.05) is 15.9 Å². The summed E-state index contributed by atoms with van der Waals surface area (Å²) in [4.78, 5) is 21.3. The molecule has 12 heteroatoms. The van der Waals surface area contributed by atoms with E-state index in [9.17, 15) is 22.4 Å². The number of ether oxygens (including phenoxy) is 2. The number of hydrogen-bond acceptors (Lipinski definition) is 7. The molecule has 32 heavy (non-hydrogen) atoms. The smallest absolute Gasteiger partial charge is 0.303 e. The predicted molar refractivity (Wildman–Crippen MR) is 110 cm³/mol. The van der Waals surface area contributed by atoms with Gasteiger partial charge in [-0.2, -0.15) is 5.26 Å². The van der Waals surface area contributed by atoms with E-state index >= 15 is 4.39 Å². The van der Waals surface area contributed by atoms with Gasteiger partial charge in [0.1, 0.15) is 17.3 Å². The van der Waals surface area contributed by atoms with Crippen LogP contribution in [0.4, 0.5) is 8.78 Å². The Morgan fingerprint density at radius 2 is 1.88 bits per heavy atom. The fourth-order valence-corrected chi connectivity index (χ4v) is 5.33. The van der Waals surface area contributed by atoms with E-state index < -0.39 is 49.7 Å². The Morgan fingerprint density at radius 1 is 1.19 bits per heavy atom. The van der Waals surface area contributed by atoms with Crippen LogP contribution in [0, 0.1) is 17.1 Å². The van der Waals surface area contributed by atoms with Gasteiger partial charge in [-0.15, -0.1) is 0 Å². The Balaban J connectivity index is 2.22. The summed E-state index contributed by atoms with van der Waals surface area (Å²) in [6, 6.07) is 7.24. The van der Waals surface area contributed by atoms with Crippen LogP contribution in [0.15, 0.2) is 35.2 Å². The van der Waals surface area contributed by atoms with Crippen molar-refractivity contribution < 1.29 is 36.3 Å². The standard InChI is InChI=1S/C20H15BrF2N2O6S/c1-9(26)25-32(28,29)15-4-3-14(31-13-6-11(8-24)5-12(22)7-13)16-17(15)20(30-10(2)27)19(23)18(16)21/h3-7,18-20H,1-2H3,(H,25,26)/t18-,19+,20-/m0/s1. The van der Waals surface area contributed by atoms with E-state index in [4.69, 9.17) is 14.7 Å². The number of hydrogen-bond donors (Lipinski definition) is 1. The average Bonchev–Trinajstić information content (AvgIpc) is 2.92. The molecule has 0 radical (unpaired) electrons. The minimum atomic E-state index is -4.44. The van der Waals surface area contributed by atoms with Gasteiger partial charge in [0.25, 0.3) is 10.0 Å². The summed E-state index contributed by atoms with van der Waals surface area (Å²) in [6.45, 7) is 2.02. The van der Waals surface area contributed by atoms with Crippen molar-refractivity contribution in [2.75, 3.05) is 0 Å². The Bertz CT molecular complexity index is 1260. The number of rotatable bonds is 5. The molecule has 1 amide bonds. The first-order chi connectivity index (χ1) is 14.9. The number of carbonyl (C=O) groups is 2. The van der Waals surface area contributed by atoms with Gasteiger partial charge in [-0.3, -0.25) is 9.59 Å². The van der Waals surface area contributed by atoms with E-state index in [1.807, 2.05) is 0 Å². The zero-order chi connectivity index (χ0) is 23.8. The maximum Gasteiger partial charge on any atom is 0.303 e. The lowest BCUT2D eigenvalue weighted by Gasteiger charge is -2.18. The molecule has 0 heterocycles. The normalized spacial score (nSPS) is 19.6. The van der Waals surface area contributed by atoms with E-state index in [2.05, 4.69) is 15.9 Å². The van der Waals surface area contributed by atoms with Crippen molar-refractivity contribution in [1.29, 1.82) is 5.26 Å². The Morgan fingerprint density at radius 3 is 2.47 bits per heavy atom. The molecule has 0 saturated heterocycles. The Kier molecular flexibility index (Phi) is 6.52. The van der Waals surface area contributed by atoms with Crippen molar-refractivity contribution in [1.82, 2.24) is 4.72 Å². The predicted octanol–water partition coefficient (Wildman–Crippen LogP) is 3.71. The van der Waals surface area contributed by atoms with Gasteiger partial charge < -0.3 is 9.47 Å². The third-order valence-corrected chi connectivity index (χ3v) is 6.88. The van der Waals surface area contributed by atoms with Gasteiger partial charge in [0.2, 0.25) is 5.91 Å². The maximum absolute atomic E-state index is 15.1. The van der Waals surface area contributed by atoms with Crippen LogP contribution in [-0.2, 0) is 24.3 Å². The number of esters is 1. The highest BCUT2D eigenvalue weighted by molar-refractivity contribution is 9.09. The lowest BCUT2D eigenvalue weighted by atomic mass is 10.1. The first-order valence-corrected chi connectivity index (χ1v) is 11.4. The Labute approximate surface area is 190 Å². The first-order valence-electron chi connectivity index (χ1n) is 8.98. The van der Waals surface area contributed by atoms with Crippen LogP contribution in [0.5, 0.6) is 11.5 Å². The quantitative estimate of drug-likeness (QED) is 0.463. The van der Waals surface area contributed by atoms with Crippen molar-refractivity contribution in [3.8, 4) is 17.6 Å². The van der Waals surface area contributed by atoms with Crippen LogP contribution >= 0.6 is 15.9 Å². The minimum Gasteiger partial charge on any atom is -0.457 e. The molecule has 1 aliphatic rings. The molecule has 0 aliphatic heterocycles. The molecule has 1 N–H and O–H groups in total. The number of sulfonamides is 1. The molecular weight excluding hydrogens is 514 g/mol. The fourth-order valence-electron chi connectivity index (χ4n) is 3.33. The van der Waals surface area contributed by atoms with E-state index in [-0.39, 0.29) is 28.2 Å². The second kappa shape index (κ2) is 8.84.